The van der Waals surface area contributed by atoms with Crippen molar-refractivity contribution in [3.63, 3.8) is 0 Å². The van der Waals surface area contributed by atoms with Crippen molar-refractivity contribution in [2.45, 2.75) is 12.6 Å². The Morgan fingerprint density at radius 1 is 1.48 bits per heavy atom. The second kappa shape index (κ2) is 5.49. The molecule has 0 aliphatic carbocycles. The summed E-state index contributed by atoms with van der Waals surface area (Å²) >= 11 is 0. The summed E-state index contributed by atoms with van der Waals surface area (Å²) in [6.45, 7) is 0.878. The molecule has 5 nitrogen and oxygen atoms in total. The van der Waals surface area contributed by atoms with Crippen molar-refractivity contribution >= 4 is 5.97 Å². The third-order valence-electron chi connectivity index (χ3n) is 3.47. The van der Waals surface area contributed by atoms with Crippen LogP contribution in [0.3, 0.4) is 0 Å². The highest BCUT2D eigenvalue weighted by molar-refractivity contribution is 5.76. The molecule has 0 amide bonds. The molecule has 0 fully saturated rings. The molecule has 1 aliphatic rings. The van der Waals surface area contributed by atoms with Gasteiger partial charge >= 0.3 is 5.97 Å². The fourth-order valence-electron chi connectivity index (χ4n) is 2.50. The molecule has 0 saturated carbocycles. The summed E-state index contributed by atoms with van der Waals surface area (Å²) in [5.74, 6) is -1.25. The Labute approximate surface area is 120 Å². The number of rotatable bonds is 4. The van der Waals surface area contributed by atoms with E-state index in [1.54, 1.807) is 40.2 Å². The topological polar surface area (TPSA) is 58.4 Å². The van der Waals surface area contributed by atoms with Crippen LogP contribution in [-0.2, 0) is 11.3 Å². The molecule has 1 unspecified atom stereocenters. The molecule has 6 heteroatoms. The fourth-order valence-corrected chi connectivity index (χ4v) is 2.50. The highest BCUT2D eigenvalue weighted by Crippen LogP contribution is 2.21. The molecule has 0 spiro atoms. The van der Waals surface area contributed by atoms with Crippen LogP contribution in [0.5, 0.6) is 0 Å². The number of aliphatic carboxylic acids is 1. The van der Waals surface area contributed by atoms with Crippen LogP contribution in [0.2, 0.25) is 0 Å². The number of hydrogen-bond donors (Lipinski definition) is 1. The van der Waals surface area contributed by atoms with Crippen molar-refractivity contribution in [1.29, 1.82) is 0 Å². The summed E-state index contributed by atoms with van der Waals surface area (Å²) in [5, 5.41) is 13.3. The minimum atomic E-state index is -0.902. The first kappa shape index (κ1) is 13.5. The van der Waals surface area contributed by atoms with Gasteiger partial charge < -0.3 is 5.11 Å². The molecule has 2 heterocycles. The molecule has 1 atom stereocenters. The lowest BCUT2D eigenvalue weighted by Crippen LogP contribution is -2.36. The van der Waals surface area contributed by atoms with E-state index in [4.69, 9.17) is 0 Å². The minimum Gasteiger partial charge on any atom is -0.480 e. The highest BCUT2D eigenvalue weighted by Gasteiger charge is 2.26. The summed E-state index contributed by atoms with van der Waals surface area (Å²) in [6, 6.07) is 5.56. The smallest absolute Gasteiger partial charge is 0.324 e. The van der Waals surface area contributed by atoms with Gasteiger partial charge in [-0.3, -0.25) is 9.69 Å². The lowest BCUT2D eigenvalue weighted by Gasteiger charge is -2.22. The van der Waals surface area contributed by atoms with Crippen LogP contribution in [-0.4, -0.2) is 38.3 Å². The maximum absolute atomic E-state index is 13.5. The number of carboxylic acids is 1. The normalized spacial score (nSPS) is 18.2. The van der Waals surface area contributed by atoms with E-state index in [0.717, 1.165) is 5.69 Å². The molecule has 21 heavy (non-hydrogen) atoms. The van der Waals surface area contributed by atoms with Crippen molar-refractivity contribution in [3.05, 3.63) is 60.2 Å². The number of halogens is 1. The number of carboxylic acid groups (broad SMARTS) is 1. The van der Waals surface area contributed by atoms with Crippen molar-refractivity contribution in [2.75, 3.05) is 6.54 Å². The van der Waals surface area contributed by atoms with Gasteiger partial charge in [-0.25, -0.2) is 9.07 Å². The van der Waals surface area contributed by atoms with E-state index in [2.05, 4.69) is 5.10 Å². The average molecular weight is 287 g/mol. The van der Waals surface area contributed by atoms with E-state index in [9.17, 15) is 14.3 Å². The summed E-state index contributed by atoms with van der Waals surface area (Å²) in [5.41, 5.74) is 1.45. The molecule has 1 aromatic carbocycles. The van der Waals surface area contributed by atoms with Gasteiger partial charge in [-0.1, -0.05) is 12.2 Å². The Hall–Kier alpha value is -2.47. The molecule has 1 aromatic heterocycles. The predicted molar refractivity (Wildman–Crippen MR) is 74.5 cm³/mol. The molecular formula is C15H14FN3O2. The molecular weight excluding hydrogens is 273 g/mol. The van der Waals surface area contributed by atoms with Gasteiger partial charge in [-0.15, -0.1) is 0 Å². The van der Waals surface area contributed by atoms with Gasteiger partial charge in [-0.2, -0.15) is 5.10 Å². The van der Waals surface area contributed by atoms with E-state index in [0.29, 0.717) is 18.7 Å². The zero-order valence-electron chi connectivity index (χ0n) is 11.2. The van der Waals surface area contributed by atoms with Crippen molar-refractivity contribution in [3.8, 4) is 5.69 Å². The third-order valence-corrected chi connectivity index (χ3v) is 3.47. The third kappa shape index (κ3) is 2.71. The molecule has 0 radical (unpaired) electrons. The molecule has 0 saturated heterocycles. The lowest BCUT2D eigenvalue weighted by atomic mass is 10.1. The summed E-state index contributed by atoms with van der Waals surface area (Å²) in [6.07, 6.45) is 6.87. The molecule has 0 bridgehead atoms. The van der Waals surface area contributed by atoms with Crippen molar-refractivity contribution in [1.82, 2.24) is 14.7 Å². The molecule has 2 aromatic rings. The number of nitrogens with zero attached hydrogens (tertiary/aromatic N) is 3. The van der Waals surface area contributed by atoms with Crippen LogP contribution in [0, 0.1) is 5.82 Å². The first-order valence-electron chi connectivity index (χ1n) is 6.57. The molecule has 1 N–H and O–H groups in total. The zero-order valence-corrected chi connectivity index (χ0v) is 11.2. The second-order valence-corrected chi connectivity index (χ2v) is 4.86. The fraction of sp³-hybridized carbons (Fsp3) is 0.200. The second-order valence-electron chi connectivity index (χ2n) is 4.86. The summed E-state index contributed by atoms with van der Waals surface area (Å²) in [7, 11) is 0. The Morgan fingerprint density at radius 2 is 2.33 bits per heavy atom. The number of hydrogen-bond acceptors (Lipinski definition) is 3. The number of aromatic nitrogens is 2. The Balaban J connectivity index is 1.91. The first-order valence-corrected chi connectivity index (χ1v) is 6.57. The summed E-state index contributed by atoms with van der Waals surface area (Å²) < 4.78 is 15.2. The van der Waals surface area contributed by atoms with Crippen molar-refractivity contribution < 1.29 is 14.3 Å². The highest BCUT2D eigenvalue weighted by atomic mass is 19.1. The zero-order chi connectivity index (χ0) is 14.8. The van der Waals surface area contributed by atoms with Gasteiger partial charge in [-0.05, 0) is 29.8 Å². The largest absolute Gasteiger partial charge is 0.480 e. The maximum atomic E-state index is 13.5. The van der Waals surface area contributed by atoms with Gasteiger partial charge in [0.1, 0.15) is 11.9 Å². The van der Waals surface area contributed by atoms with Gasteiger partial charge in [0, 0.05) is 25.5 Å². The average Bonchev–Trinajstić information content (AvgIpc) is 3.09. The number of benzene rings is 1. The molecule has 1 aliphatic heterocycles. The van der Waals surface area contributed by atoms with E-state index in [1.165, 1.54) is 12.1 Å². The SMILES string of the molecule is O=C(O)C1C=CCN1Cc1cc(F)ccc1-n1cccn1. The van der Waals surface area contributed by atoms with Crippen LogP contribution in [0.1, 0.15) is 5.56 Å². The predicted octanol–water partition coefficient (Wildman–Crippen LogP) is 1.84. The van der Waals surface area contributed by atoms with Gasteiger partial charge in [0.15, 0.2) is 0 Å². The lowest BCUT2D eigenvalue weighted by molar-refractivity contribution is -0.141. The quantitative estimate of drug-likeness (QED) is 0.872. The van der Waals surface area contributed by atoms with Gasteiger partial charge in [0.25, 0.3) is 0 Å². The van der Waals surface area contributed by atoms with Gasteiger partial charge in [0.2, 0.25) is 0 Å². The molecule has 3 rings (SSSR count). The van der Waals surface area contributed by atoms with Crippen LogP contribution < -0.4 is 0 Å². The van der Waals surface area contributed by atoms with Crippen LogP contribution in [0.15, 0.2) is 48.8 Å². The van der Waals surface area contributed by atoms with E-state index < -0.39 is 12.0 Å². The Morgan fingerprint density at radius 3 is 3.05 bits per heavy atom. The minimum absolute atomic E-state index is 0.344. The van der Waals surface area contributed by atoms with E-state index in [-0.39, 0.29) is 5.82 Å². The standard InChI is InChI=1S/C15H14FN3O2/c16-12-4-5-13(19-8-2-6-17-19)11(9-12)10-18-7-1-3-14(18)15(20)21/h1-6,8-9,14H,7,10H2,(H,20,21). The van der Waals surface area contributed by atoms with E-state index in [1.807, 2.05) is 6.08 Å². The molecule has 108 valence electrons. The van der Waals surface area contributed by atoms with Crippen LogP contribution >= 0.6 is 0 Å². The van der Waals surface area contributed by atoms with Crippen LogP contribution in [0.4, 0.5) is 4.39 Å². The summed E-state index contributed by atoms with van der Waals surface area (Å²) in [4.78, 5) is 13.0. The Kier molecular flexibility index (Phi) is 3.53. The first-order chi connectivity index (χ1) is 10.1. The van der Waals surface area contributed by atoms with Crippen molar-refractivity contribution in [2.24, 2.45) is 0 Å². The maximum Gasteiger partial charge on any atom is 0.324 e. The Bertz CT molecular complexity index is 682. The van der Waals surface area contributed by atoms with Gasteiger partial charge in [0.05, 0.1) is 5.69 Å². The number of carbonyl (C=O) groups is 1. The van der Waals surface area contributed by atoms with E-state index >= 15 is 0 Å². The van der Waals surface area contributed by atoms with Crippen LogP contribution in [0.25, 0.3) is 5.69 Å². The monoisotopic (exact) mass is 287 g/mol.